The molecule has 0 bridgehead atoms. The lowest BCUT2D eigenvalue weighted by Gasteiger charge is -1.93. The first kappa shape index (κ1) is 8.82. The zero-order valence-electron chi connectivity index (χ0n) is 7.41. The van der Waals surface area contributed by atoms with Gasteiger partial charge in [0.05, 0.1) is 6.04 Å². The average Bonchev–Trinajstić information content (AvgIpc) is 2.47. The second-order valence-electron chi connectivity index (χ2n) is 2.66. The number of nitrogens with zero attached hydrogens (tertiary/aromatic N) is 2. The largest absolute Gasteiger partial charge is 0.318 e. The van der Waals surface area contributed by atoms with Gasteiger partial charge in [0, 0.05) is 13.2 Å². The van der Waals surface area contributed by atoms with E-state index in [-0.39, 0.29) is 6.04 Å². The number of nitrogens with two attached hydrogens (primary N) is 1. The Morgan fingerprint density at radius 3 is 3.00 bits per heavy atom. The van der Waals surface area contributed by atoms with E-state index >= 15 is 0 Å². The highest BCUT2D eigenvalue weighted by Gasteiger charge is 1.92. The number of hydrogen-bond acceptors (Lipinski definition) is 2. The SMILES string of the molecule is CCC(N)C#Cc1ccn(C)n1. The standard InChI is InChI=1S/C9H13N3/c1-3-8(10)4-5-9-6-7-12(2)11-9/h6-8H,3,10H2,1-2H3. The van der Waals surface area contributed by atoms with E-state index in [2.05, 4.69) is 16.9 Å². The van der Waals surface area contributed by atoms with Gasteiger partial charge in [0.15, 0.2) is 0 Å². The van der Waals surface area contributed by atoms with Crippen LogP contribution in [0.2, 0.25) is 0 Å². The third kappa shape index (κ3) is 2.40. The third-order valence-corrected chi connectivity index (χ3v) is 1.54. The fourth-order valence-corrected chi connectivity index (χ4v) is 0.750. The van der Waals surface area contributed by atoms with E-state index in [1.807, 2.05) is 26.2 Å². The van der Waals surface area contributed by atoms with Gasteiger partial charge in [0.25, 0.3) is 0 Å². The van der Waals surface area contributed by atoms with Crippen molar-refractivity contribution in [1.82, 2.24) is 9.78 Å². The van der Waals surface area contributed by atoms with E-state index in [9.17, 15) is 0 Å². The molecule has 0 fully saturated rings. The van der Waals surface area contributed by atoms with Crippen LogP contribution in [0.1, 0.15) is 19.0 Å². The van der Waals surface area contributed by atoms with Gasteiger partial charge in [0.2, 0.25) is 0 Å². The molecule has 0 aliphatic heterocycles. The van der Waals surface area contributed by atoms with E-state index < -0.39 is 0 Å². The fraction of sp³-hybridized carbons (Fsp3) is 0.444. The molecule has 3 heteroatoms. The second-order valence-corrected chi connectivity index (χ2v) is 2.66. The highest BCUT2D eigenvalue weighted by Crippen LogP contribution is 1.91. The average molecular weight is 163 g/mol. The van der Waals surface area contributed by atoms with Crippen LogP contribution in [0.15, 0.2) is 12.3 Å². The van der Waals surface area contributed by atoms with Gasteiger partial charge < -0.3 is 5.73 Å². The summed E-state index contributed by atoms with van der Waals surface area (Å²) in [6, 6.07) is 1.84. The number of aryl methyl sites for hydroxylation is 1. The molecule has 3 nitrogen and oxygen atoms in total. The van der Waals surface area contributed by atoms with E-state index in [1.54, 1.807) is 4.68 Å². The maximum absolute atomic E-state index is 5.62. The minimum Gasteiger partial charge on any atom is -0.318 e. The Morgan fingerprint density at radius 2 is 2.50 bits per heavy atom. The molecule has 0 aliphatic rings. The van der Waals surface area contributed by atoms with Crippen LogP contribution in [0.25, 0.3) is 0 Å². The summed E-state index contributed by atoms with van der Waals surface area (Å²) >= 11 is 0. The summed E-state index contributed by atoms with van der Waals surface area (Å²) in [6.45, 7) is 2.01. The Kier molecular flexibility index (Phi) is 2.89. The minimum absolute atomic E-state index is 0.0352. The highest BCUT2D eigenvalue weighted by molar-refractivity contribution is 5.27. The molecule has 0 spiro atoms. The lowest BCUT2D eigenvalue weighted by atomic mass is 10.2. The van der Waals surface area contributed by atoms with Crippen molar-refractivity contribution in [2.45, 2.75) is 19.4 Å². The van der Waals surface area contributed by atoms with Crippen molar-refractivity contribution in [1.29, 1.82) is 0 Å². The number of rotatable bonds is 1. The molecule has 0 radical (unpaired) electrons. The van der Waals surface area contributed by atoms with Crippen molar-refractivity contribution in [3.05, 3.63) is 18.0 Å². The molecule has 12 heavy (non-hydrogen) atoms. The third-order valence-electron chi connectivity index (χ3n) is 1.54. The Bertz CT molecular complexity index is 303. The van der Waals surface area contributed by atoms with Crippen LogP contribution in [0.5, 0.6) is 0 Å². The van der Waals surface area contributed by atoms with Gasteiger partial charge in [-0.25, -0.2) is 0 Å². The molecule has 0 aromatic carbocycles. The molecule has 1 aromatic heterocycles. The molecule has 0 saturated carbocycles. The van der Waals surface area contributed by atoms with Crippen molar-refractivity contribution in [2.24, 2.45) is 12.8 Å². The predicted octanol–water partition coefficient (Wildman–Crippen LogP) is 0.509. The molecule has 1 heterocycles. The van der Waals surface area contributed by atoms with Crippen LogP contribution in [0.4, 0.5) is 0 Å². The Balaban J connectivity index is 2.66. The van der Waals surface area contributed by atoms with Crippen molar-refractivity contribution in [3.63, 3.8) is 0 Å². The zero-order valence-corrected chi connectivity index (χ0v) is 7.41. The van der Waals surface area contributed by atoms with E-state index in [1.165, 1.54) is 0 Å². The molecule has 1 unspecified atom stereocenters. The molecule has 1 rings (SSSR count). The van der Waals surface area contributed by atoms with E-state index in [4.69, 9.17) is 5.73 Å². The molecular formula is C9H13N3. The summed E-state index contributed by atoms with van der Waals surface area (Å²) in [5, 5.41) is 4.10. The van der Waals surface area contributed by atoms with Crippen molar-refractivity contribution in [3.8, 4) is 11.8 Å². The number of aromatic nitrogens is 2. The van der Waals surface area contributed by atoms with Gasteiger partial charge >= 0.3 is 0 Å². The van der Waals surface area contributed by atoms with Gasteiger partial charge in [-0.3, -0.25) is 4.68 Å². The highest BCUT2D eigenvalue weighted by atomic mass is 15.2. The van der Waals surface area contributed by atoms with Crippen LogP contribution in [0, 0.1) is 11.8 Å². The molecule has 0 aliphatic carbocycles. The topological polar surface area (TPSA) is 43.8 Å². The molecule has 0 amide bonds. The predicted molar refractivity (Wildman–Crippen MR) is 48.4 cm³/mol. The minimum atomic E-state index is -0.0352. The van der Waals surface area contributed by atoms with Gasteiger partial charge in [-0.2, -0.15) is 5.10 Å². The van der Waals surface area contributed by atoms with Crippen LogP contribution >= 0.6 is 0 Å². The van der Waals surface area contributed by atoms with Crippen LogP contribution < -0.4 is 5.73 Å². The van der Waals surface area contributed by atoms with Crippen LogP contribution in [-0.4, -0.2) is 15.8 Å². The Morgan fingerprint density at radius 1 is 1.75 bits per heavy atom. The summed E-state index contributed by atoms with van der Waals surface area (Å²) in [5.74, 6) is 5.82. The molecule has 2 N–H and O–H groups in total. The summed E-state index contributed by atoms with van der Waals surface area (Å²) in [6.07, 6.45) is 2.74. The fourth-order valence-electron chi connectivity index (χ4n) is 0.750. The molecular weight excluding hydrogens is 150 g/mol. The smallest absolute Gasteiger partial charge is 0.135 e. The van der Waals surface area contributed by atoms with Gasteiger partial charge in [-0.1, -0.05) is 12.8 Å². The molecule has 1 aromatic rings. The van der Waals surface area contributed by atoms with E-state index in [0.717, 1.165) is 12.1 Å². The monoisotopic (exact) mass is 163 g/mol. The maximum Gasteiger partial charge on any atom is 0.135 e. The quantitative estimate of drug-likeness (QED) is 0.613. The number of hydrogen-bond donors (Lipinski definition) is 1. The lowest BCUT2D eigenvalue weighted by Crippen LogP contribution is -2.15. The van der Waals surface area contributed by atoms with Crippen molar-refractivity contribution < 1.29 is 0 Å². The Labute approximate surface area is 72.6 Å². The molecule has 1 atom stereocenters. The zero-order chi connectivity index (χ0) is 8.97. The van der Waals surface area contributed by atoms with Gasteiger partial charge in [-0.15, -0.1) is 0 Å². The maximum atomic E-state index is 5.62. The van der Waals surface area contributed by atoms with E-state index in [0.29, 0.717) is 0 Å². The first-order chi connectivity index (χ1) is 5.72. The lowest BCUT2D eigenvalue weighted by molar-refractivity contribution is 0.763. The summed E-state index contributed by atoms with van der Waals surface area (Å²) in [4.78, 5) is 0. The van der Waals surface area contributed by atoms with Gasteiger partial charge in [0.1, 0.15) is 5.69 Å². The van der Waals surface area contributed by atoms with Crippen LogP contribution in [0.3, 0.4) is 0 Å². The summed E-state index contributed by atoms with van der Waals surface area (Å²) < 4.78 is 1.72. The van der Waals surface area contributed by atoms with Crippen molar-refractivity contribution in [2.75, 3.05) is 0 Å². The second kappa shape index (κ2) is 3.93. The normalized spacial score (nSPS) is 11.9. The van der Waals surface area contributed by atoms with Crippen LogP contribution in [-0.2, 0) is 7.05 Å². The Hall–Kier alpha value is -1.27. The first-order valence-corrected chi connectivity index (χ1v) is 3.99. The summed E-state index contributed by atoms with van der Waals surface area (Å²) in [5.41, 5.74) is 6.40. The molecule has 0 saturated heterocycles. The molecule has 64 valence electrons. The summed E-state index contributed by atoms with van der Waals surface area (Å²) in [7, 11) is 1.87. The van der Waals surface area contributed by atoms with Crippen molar-refractivity contribution >= 4 is 0 Å². The van der Waals surface area contributed by atoms with Gasteiger partial charge in [-0.05, 0) is 18.4 Å². The first-order valence-electron chi connectivity index (χ1n) is 3.99.